The van der Waals surface area contributed by atoms with Crippen LogP contribution >= 0.6 is 0 Å². The summed E-state index contributed by atoms with van der Waals surface area (Å²) in [5, 5.41) is 10.9. The maximum atomic E-state index is 12.3. The Kier molecular flexibility index (Phi) is 6.14. The second-order valence-electron chi connectivity index (χ2n) is 6.24. The van der Waals surface area contributed by atoms with Crippen molar-refractivity contribution in [2.24, 2.45) is 0 Å². The van der Waals surface area contributed by atoms with Crippen molar-refractivity contribution in [1.82, 2.24) is 9.88 Å². The minimum Gasteiger partial charge on any atom is -0.462 e. The molecule has 0 atom stereocenters. The highest BCUT2D eigenvalue weighted by atomic mass is 16.5. The van der Waals surface area contributed by atoms with Gasteiger partial charge in [-0.25, -0.2) is 9.78 Å². The average Bonchev–Trinajstić information content (AvgIpc) is 2.54. The average molecular weight is 333 g/mol. The predicted molar refractivity (Wildman–Crippen MR) is 96.5 cm³/mol. The van der Waals surface area contributed by atoms with Gasteiger partial charge in [-0.1, -0.05) is 0 Å². The number of carbonyl (C=O) groups excluding carboxylic acids is 1. The van der Waals surface area contributed by atoms with E-state index in [9.17, 15) is 4.79 Å². The molecule has 1 aromatic rings. The van der Waals surface area contributed by atoms with Crippen molar-refractivity contribution in [2.75, 3.05) is 50.1 Å². The van der Waals surface area contributed by atoms with Crippen molar-refractivity contribution in [3.05, 3.63) is 17.2 Å². The second-order valence-corrected chi connectivity index (χ2v) is 6.24. The molecule has 0 radical (unpaired) electrons. The van der Waals surface area contributed by atoms with Gasteiger partial charge in [-0.05, 0) is 33.9 Å². The number of carbonyl (C=O) groups is 1. The monoisotopic (exact) mass is 333 g/mol. The van der Waals surface area contributed by atoms with Gasteiger partial charge >= 0.3 is 5.97 Å². The summed E-state index contributed by atoms with van der Waals surface area (Å²) in [6.45, 7) is 9.70. The molecule has 0 aliphatic carbocycles. The molecule has 2 heterocycles. The third-order valence-corrected chi connectivity index (χ3v) is 3.94. The molecule has 2 rings (SSSR count). The zero-order valence-electron chi connectivity index (χ0n) is 14.9. The van der Waals surface area contributed by atoms with Crippen molar-refractivity contribution >= 4 is 23.8 Å². The molecule has 0 saturated carbocycles. The molecule has 1 fully saturated rings. The van der Waals surface area contributed by atoms with Gasteiger partial charge in [-0.2, -0.15) is 0 Å². The van der Waals surface area contributed by atoms with Gasteiger partial charge < -0.3 is 25.3 Å². The molecule has 0 spiro atoms. The molecule has 7 nitrogen and oxygen atoms in total. The van der Waals surface area contributed by atoms with Gasteiger partial charge in [0.2, 0.25) is 0 Å². The molecule has 1 saturated heterocycles. The van der Waals surface area contributed by atoms with E-state index in [4.69, 9.17) is 10.1 Å². The third kappa shape index (κ3) is 4.23. The molecular weight excluding hydrogens is 306 g/mol. The lowest BCUT2D eigenvalue weighted by Gasteiger charge is -2.33. The van der Waals surface area contributed by atoms with E-state index in [2.05, 4.69) is 27.1 Å². The number of ether oxygens (including phenoxy) is 1. The Bertz CT molecular complexity index is 595. The summed E-state index contributed by atoms with van der Waals surface area (Å²) in [5.74, 6) is 0.889. The summed E-state index contributed by atoms with van der Waals surface area (Å²) in [7, 11) is 2.10. The maximum Gasteiger partial charge on any atom is 0.339 e. The SMILES string of the molecule is CCOC(=O)c1cc(N2CCN(C)CC2)nc(NC(C)C)c1C=N. The van der Waals surface area contributed by atoms with E-state index in [1.165, 1.54) is 0 Å². The van der Waals surface area contributed by atoms with Gasteiger partial charge in [0.15, 0.2) is 0 Å². The lowest BCUT2D eigenvalue weighted by atomic mass is 10.1. The largest absolute Gasteiger partial charge is 0.462 e. The number of piperazine rings is 1. The van der Waals surface area contributed by atoms with Crippen LogP contribution in [0.3, 0.4) is 0 Å². The fourth-order valence-corrected chi connectivity index (χ4v) is 2.65. The summed E-state index contributed by atoms with van der Waals surface area (Å²) in [5.41, 5.74) is 0.860. The standard InChI is InChI=1S/C17H27N5O2/c1-5-24-17(23)13-10-15(22-8-6-21(4)7-9-22)20-16(14(13)11-18)19-12(2)3/h10-12,18H,5-9H2,1-4H3,(H,19,20). The minimum atomic E-state index is -0.416. The van der Waals surface area contributed by atoms with Gasteiger partial charge in [-0.3, -0.25) is 0 Å². The van der Waals surface area contributed by atoms with Crippen molar-refractivity contribution in [3.8, 4) is 0 Å². The number of hydrogen-bond donors (Lipinski definition) is 2. The zero-order valence-corrected chi connectivity index (χ0v) is 14.9. The fourth-order valence-electron chi connectivity index (χ4n) is 2.65. The van der Waals surface area contributed by atoms with Gasteiger partial charge in [-0.15, -0.1) is 0 Å². The Morgan fingerprint density at radius 3 is 2.62 bits per heavy atom. The normalized spacial score (nSPS) is 15.5. The molecule has 1 aliphatic rings. The number of aromatic nitrogens is 1. The third-order valence-electron chi connectivity index (χ3n) is 3.94. The number of rotatable bonds is 6. The highest BCUT2D eigenvalue weighted by Gasteiger charge is 2.22. The van der Waals surface area contributed by atoms with Crippen LogP contribution in [-0.2, 0) is 4.74 Å². The molecule has 0 amide bonds. The van der Waals surface area contributed by atoms with Crippen LogP contribution in [0.2, 0.25) is 0 Å². The van der Waals surface area contributed by atoms with E-state index < -0.39 is 5.97 Å². The van der Waals surface area contributed by atoms with E-state index in [0.29, 0.717) is 23.6 Å². The molecule has 24 heavy (non-hydrogen) atoms. The van der Waals surface area contributed by atoms with Gasteiger partial charge in [0, 0.05) is 44.0 Å². The van der Waals surface area contributed by atoms with Crippen LogP contribution in [0.15, 0.2) is 6.07 Å². The van der Waals surface area contributed by atoms with Crippen LogP contribution in [0.1, 0.15) is 36.7 Å². The Labute approximate surface area is 143 Å². The van der Waals surface area contributed by atoms with Gasteiger partial charge in [0.25, 0.3) is 0 Å². The molecule has 0 bridgehead atoms. The molecule has 1 aromatic heterocycles. The number of nitrogens with zero attached hydrogens (tertiary/aromatic N) is 3. The quantitative estimate of drug-likeness (QED) is 0.610. The Morgan fingerprint density at radius 2 is 2.08 bits per heavy atom. The lowest BCUT2D eigenvalue weighted by Crippen LogP contribution is -2.45. The summed E-state index contributed by atoms with van der Waals surface area (Å²) >= 11 is 0. The first-order valence-electron chi connectivity index (χ1n) is 8.39. The maximum absolute atomic E-state index is 12.3. The van der Waals surface area contributed by atoms with E-state index >= 15 is 0 Å². The molecule has 0 aromatic carbocycles. The van der Waals surface area contributed by atoms with Crippen molar-refractivity contribution < 1.29 is 9.53 Å². The van der Waals surface area contributed by atoms with E-state index in [-0.39, 0.29) is 6.04 Å². The van der Waals surface area contributed by atoms with Crippen LogP contribution < -0.4 is 10.2 Å². The van der Waals surface area contributed by atoms with Crippen LogP contribution in [0.5, 0.6) is 0 Å². The summed E-state index contributed by atoms with van der Waals surface area (Å²) < 4.78 is 5.17. The Morgan fingerprint density at radius 1 is 1.42 bits per heavy atom. The number of esters is 1. The first-order chi connectivity index (χ1) is 11.5. The van der Waals surface area contributed by atoms with Crippen molar-refractivity contribution in [1.29, 1.82) is 5.41 Å². The molecule has 1 aliphatic heterocycles. The molecule has 132 valence electrons. The predicted octanol–water partition coefficient (Wildman–Crippen LogP) is 1.83. The van der Waals surface area contributed by atoms with Crippen LogP contribution in [0.25, 0.3) is 0 Å². The number of anilines is 2. The number of nitrogens with one attached hydrogen (secondary N) is 2. The molecule has 7 heteroatoms. The number of hydrogen-bond acceptors (Lipinski definition) is 7. The van der Waals surface area contributed by atoms with E-state index in [1.54, 1.807) is 13.0 Å². The number of pyridine rings is 1. The van der Waals surface area contributed by atoms with E-state index in [1.807, 2.05) is 13.8 Å². The zero-order chi connectivity index (χ0) is 17.7. The van der Waals surface area contributed by atoms with Gasteiger partial charge in [0.1, 0.15) is 11.6 Å². The highest BCUT2D eigenvalue weighted by Crippen LogP contribution is 2.25. The molecule has 2 N–H and O–H groups in total. The Hall–Kier alpha value is -2.15. The molecule has 0 unspecified atom stereocenters. The van der Waals surface area contributed by atoms with Crippen molar-refractivity contribution in [3.63, 3.8) is 0 Å². The highest BCUT2D eigenvalue weighted by molar-refractivity contribution is 6.02. The summed E-state index contributed by atoms with van der Waals surface area (Å²) in [6.07, 6.45) is 1.16. The van der Waals surface area contributed by atoms with Crippen LogP contribution in [-0.4, -0.2) is 67.9 Å². The van der Waals surface area contributed by atoms with Gasteiger partial charge in [0.05, 0.1) is 12.2 Å². The minimum absolute atomic E-state index is 0.147. The first-order valence-corrected chi connectivity index (χ1v) is 8.39. The topological polar surface area (TPSA) is 81.6 Å². The van der Waals surface area contributed by atoms with Crippen LogP contribution in [0, 0.1) is 5.41 Å². The lowest BCUT2D eigenvalue weighted by molar-refractivity contribution is 0.0526. The number of likely N-dealkylation sites (N-methyl/N-ethyl adjacent to an activating group) is 1. The first kappa shape index (κ1) is 18.2. The summed E-state index contributed by atoms with van der Waals surface area (Å²) in [4.78, 5) is 21.4. The fraction of sp³-hybridized carbons (Fsp3) is 0.588. The van der Waals surface area contributed by atoms with Crippen molar-refractivity contribution in [2.45, 2.75) is 26.8 Å². The smallest absolute Gasteiger partial charge is 0.339 e. The summed E-state index contributed by atoms with van der Waals surface area (Å²) in [6, 6.07) is 1.89. The molecular formula is C17H27N5O2. The second kappa shape index (κ2) is 8.10. The van der Waals surface area contributed by atoms with Crippen LogP contribution in [0.4, 0.5) is 11.6 Å². The Balaban J connectivity index is 2.45. The van der Waals surface area contributed by atoms with E-state index in [0.717, 1.165) is 38.2 Å².